The molecular weight excluding hydrogens is 254 g/mol. The van der Waals surface area contributed by atoms with E-state index in [-0.39, 0.29) is 0 Å². The van der Waals surface area contributed by atoms with Gasteiger partial charge in [-0.15, -0.1) is 10.2 Å². The molecule has 1 heterocycles. The predicted octanol–water partition coefficient (Wildman–Crippen LogP) is 2.25. The van der Waals surface area contributed by atoms with Crippen molar-refractivity contribution < 1.29 is 5.11 Å². The molecule has 0 aliphatic heterocycles. The maximum Gasteiger partial charge on any atom is 0.203 e. The lowest BCUT2D eigenvalue weighted by Gasteiger charge is -2.09. The van der Waals surface area contributed by atoms with Gasteiger partial charge in [0.2, 0.25) is 5.13 Å². The van der Waals surface area contributed by atoms with Crippen molar-refractivity contribution >= 4 is 28.2 Å². The second-order valence-electron chi connectivity index (χ2n) is 3.64. The van der Waals surface area contributed by atoms with Crippen molar-refractivity contribution in [3.8, 4) is 0 Å². The van der Waals surface area contributed by atoms with E-state index in [4.69, 9.17) is 5.73 Å². The number of hydrogen-bond donors (Lipinski definition) is 2. The van der Waals surface area contributed by atoms with E-state index in [1.165, 1.54) is 28.7 Å². The van der Waals surface area contributed by atoms with E-state index in [1.807, 2.05) is 31.2 Å². The first-order valence-electron chi connectivity index (χ1n) is 5.11. The Bertz CT molecular complexity index is 484. The molecular formula is C11H13N3OS2. The number of aliphatic hydroxyl groups excluding tert-OH is 1. The summed E-state index contributed by atoms with van der Waals surface area (Å²) >= 11 is 2.80. The van der Waals surface area contributed by atoms with Crippen molar-refractivity contribution in [2.75, 3.05) is 11.5 Å². The lowest BCUT2D eigenvalue weighted by molar-refractivity contribution is 0.204. The predicted molar refractivity (Wildman–Crippen MR) is 71.2 cm³/mol. The van der Waals surface area contributed by atoms with E-state index in [0.717, 1.165) is 9.90 Å². The van der Waals surface area contributed by atoms with Crippen molar-refractivity contribution in [1.82, 2.24) is 10.2 Å². The molecule has 1 aromatic heterocycles. The smallest absolute Gasteiger partial charge is 0.203 e. The molecule has 0 spiro atoms. The number of aryl methyl sites for hydroxylation is 1. The molecule has 1 unspecified atom stereocenters. The standard InChI is InChI=1S/C11H13N3OS2/c1-7-2-4-8(5-3-7)9(15)6-16-11-14-13-10(12)17-11/h2-5,9,15H,6H2,1H3,(H2,12,13). The van der Waals surface area contributed by atoms with Gasteiger partial charge in [0.15, 0.2) is 4.34 Å². The van der Waals surface area contributed by atoms with Gasteiger partial charge in [0.1, 0.15) is 0 Å². The summed E-state index contributed by atoms with van der Waals surface area (Å²) < 4.78 is 0.786. The molecule has 2 rings (SSSR count). The van der Waals surface area contributed by atoms with E-state index in [9.17, 15) is 5.11 Å². The fourth-order valence-corrected chi connectivity index (χ4v) is 2.94. The van der Waals surface area contributed by atoms with Crippen LogP contribution < -0.4 is 5.73 Å². The van der Waals surface area contributed by atoms with Crippen molar-refractivity contribution in [1.29, 1.82) is 0 Å². The van der Waals surface area contributed by atoms with Gasteiger partial charge in [0.05, 0.1) is 6.10 Å². The van der Waals surface area contributed by atoms with Crippen molar-refractivity contribution in [2.24, 2.45) is 0 Å². The van der Waals surface area contributed by atoms with Gasteiger partial charge in [0.25, 0.3) is 0 Å². The summed E-state index contributed by atoms with van der Waals surface area (Å²) in [7, 11) is 0. The minimum absolute atomic E-state index is 0.456. The number of rotatable bonds is 4. The van der Waals surface area contributed by atoms with Crippen LogP contribution in [0.3, 0.4) is 0 Å². The number of hydrogen-bond acceptors (Lipinski definition) is 6. The van der Waals surface area contributed by atoms with Gasteiger partial charge in [-0.05, 0) is 12.5 Å². The second-order valence-corrected chi connectivity index (χ2v) is 5.92. The number of aliphatic hydroxyl groups is 1. The maximum atomic E-state index is 9.98. The van der Waals surface area contributed by atoms with Crippen molar-refractivity contribution in [3.05, 3.63) is 35.4 Å². The van der Waals surface area contributed by atoms with Gasteiger partial charge in [-0.3, -0.25) is 0 Å². The summed E-state index contributed by atoms with van der Waals surface area (Å²) in [5.74, 6) is 0.553. The number of nitrogen functional groups attached to an aromatic ring is 1. The highest BCUT2D eigenvalue weighted by Crippen LogP contribution is 2.27. The van der Waals surface area contributed by atoms with Gasteiger partial charge in [-0.25, -0.2) is 0 Å². The zero-order valence-corrected chi connectivity index (χ0v) is 11.0. The monoisotopic (exact) mass is 267 g/mol. The molecule has 1 atom stereocenters. The van der Waals surface area contributed by atoms with Crippen LogP contribution in [-0.4, -0.2) is 21.1 Å². The van der Waals surface area contributed by atoms with E-state index in [2.05, 4.69) is 10.2 Å². The largest absolute Gasteiger partial charge is 0.388 e. The fourth-order valence-electron chi connectivity index (χ4n) is 1.31. The minimum Gasteiger partial charge on any atom is -0.388 e. The van der Waals surface area contributed by atoms with Crippen LogP contribution in [0, 0.1) is 6.92 Å². The molecule has 4 nitrogen and oxygen atoms in total. The van der Waals surface area contributed by atoms with E-state index >= 15 is 0 Å². The third-order valence-corrected chi connectivity index (χ3v) is 4.21. The van der Waals surface area contributed by atoms with Gasteiger partial charge >= 0.3 is 0 Å². The average Bonchev–Trinajstić information content (AvgIpc) is 2.73. The molecule has 2 aromatic rings. The molecule has 0 amide bonds. The van der Waals surface area contributed by atoms with E-state index in [0.29, 0.717) is 10.9 Å². The van der Waals surface area contributed by atoms with Crippen LogP contribution in [0.4, 0.5) is 5.13 Å². The highest BCUT2D eigenvalue weighted by molar-refractivity contribution is 8.01. The fraction of sp³-hybridized carbons (Fsp3) is 0.273. The zero-order valence-electron chi connectivity index (χ0n) is 9.33. The number of thioether (sulfide) groups is 1. The summed E-state index contributed by atoms with van der Waals surface area (Å²) in [6, 6.07) is 7.86. The van der Waals surface area contributed by atoms with Crippen LogP contribution in [0.1, 0.15) is 17.2 Å². The lowest BCUT2D eigenvalue weighted by Crippen LogP contribution is -2.00. The Morgan fingerprint density at radius 1 is 1.35 bits per heavy atom. The summed E-state index contributed by atoms with van der Waals surface area (Å²) in [4.78, 5) is 0. The second kappa shape index (κ2) is 5.48. The van der Waals surface area contributed by atoms with Crippen LogP contribution in [0.25, 0.3) is 0 Å². The number of anilines is 1. The molecule has 0 radical (unpaired) electrons. The number of nitrogens with two attached hydrogens (primary N) is 1. The Morgan fingerprint density at radius 2 is 2.06 bits per heavy atom. The van der Waals surface area contributed by atoms with Gasteiger partial charge in [-0.2, -0.15) is 0 Å². The molecule has 1 aromatic carbocycles. The molecule has 3 N–H and O–H groups in total. The molecule has 17 heavy (non-hydrogen) atoms. The van der Waals surface area contributed by atoms with E-state index < -0.39 is 6.10 Å². The van der Waals surface area contributed by atoms with Gasteiger partial charge < -0.3 is 10.8 Å². The first-order chi connectivity index (χ1) is 8.15. The normalized spacial score (nSPS) is 12.6. The minimum atomic E-state index is -0.495. The number of aromatic nitrogens is 2. The first-order valence-corrected chi connectivity index (χ1v) is 6.92. The Hall–Kier alpha value is -1.11. The van der Waals surface area contributed by atoms with Gasteiger partial charge in [-0.1, -0.05) is 52.9 Å². The topological polar surface area (TPSA) is 72.0 Å². The molecule has 0 aliphatic carbocycles. The SMILES string of the molecule is Cc1ccc(C(O)CSc2nnc(N)s2)cc1. The molecule has 0 aliphatic rings. The van der Waals surface area contributed by atoms with Crippen LogP contribution in [0.15, 0.2) is 28.6 Å². The van der Waals surface area contributed by atoms with Crippen molar-refractivity contribution in [3.63, 3.8) is 0 Å². The van der Waals surface area contributed by atoms with E-state index in [1.54, 1.807) is 0 Å². The molecule has 6 heteroatoms. The highest BCUT2D eigenvalue weighted by Gasteiger charge is 2.10. The third kappa shape index (κ3) is 3.42. The average molecular weight is 267 g/mol. The highest BCUT2D eigenvalue weighted by atomic mass is 32.2. The lowest BCUT2D eigenvalue weighted by atomic mass is 10.1. The first kappa shape index (κ1) is 12.3. The molecule has 90 valence electrons. The molecule has 0 saturated heterocycles. The number of nitrogens with zero attached hydrogens (tertiary/aromatic N) is 2. The van der Waals surface area contributed by atoms with Crippen molar-refractivity contribution in [2.45, 2.75) is 17.4 Å². The molecule has 0 fully saturated rings. The quantitative estimate of drug-likeness (QED) is 0.831. The maximum absolute atomic E-state index is 9.98. The summed E-state index contributed by atoms with van der Waals surface area (Å²) in [5.41, 5.74) is 7.58. The Balaban J connectivity index is 1.93. The molecule has 0 saturated carbocycles. The van der Waals surface area contributed by atoms with Crippen LogP contribution >= 0.6 is 23.1 Å². The van der Waals surface area contributed by atoms with Crippen LogP contribution in [0.5, 0.6) is 0 Å². The molecule has 0 bridgehead atoms. The summed E-state index contributed by atoms with van der Waals surface area (Å²) in [6.07, 6.45) is -0.495. The summed E-state index contributed by atoms with van der Waals surface area (Å²) in [5, 5.41) is 18.1. The Kier molecular flexibility index (Phi) is 3.98. The number of benzene rings is 1. The van der Waals surface area contributed by atoms with Crippen LogP contribution in [-0.2, 0) is 0 Å². The van der Waals surface area contributed by atoms with Gasteiger partial charge in [0, 0.05) is 5.75 Å². The van der Waals surface area contributed by atoms with Crippen LogP contribution in [0.2, 0.25) is 0 Å². The third-order valence-electron chi connectivity index (χ3n) is 2.25. The Morgan fingerprint density at radius 3 is 2.65 bits per heavy atom. The Labute approximate surface area is 108 Å². The zero-order chi connectivity index (χ0) is 12.3. The summed E-state index contributed by atoms with van der Waals surface area (Å²) in [6.45, 7) is 2.02.